The predicted octanol–water partition coefficient (Wildman–Crippen LogP) is 3.49. The van der Waals surface area contributed by atoms with Gasteiger partial charge < -0.3 is 11.5 Å². The van der Waals surface area contributed by atoms with Crippen LogP contribution in [-0.4, -0.2) is 27.5 Å². The number of benzene rings is 1. The van der Waals surface area contributed by atoms with Gasteiger partial charge in [0.2, 0.25) is 5.91 Å². The maximum Gasteiger partial charge on any atom is 0.248 e. The minimum absolute atomic E-state index is 0.0921. The van der Waals surface area contributed by atoms with E-state index in [1.807, 2.05) is 23.7 Å². The number of hydrogen-bond acceptors (Lipinski definition) is 4. The molecule has 0 saturated heterocycles. The van der Waals surface area contributed by atoms with E-state index in [1.54, 1.807) is 6.07 Å². The summed E-state index contributed by atoms with van der Waals surface area (Å²) in [7, 11) is 0. The van der Waals surface area contributed by atoms with Crippen molar-refractivity contribution in [1.29, 1.82) is 0 Å². The molecular weight excluding hydrogens is 376 g/mol. The number of nitrogens with zero attached hydrogens (tertiary/aromatic N) is 2. The molecule has 0 unspecified atom stereocenters. The number of nitrogens with two attached hydrogens (primary N) is 2. The van der Waals surface area contributed by atoms with Gasteiger partial charge in [-0.05, 0) is 80.5 Å². The predicted molar refractivity (Wildman–Crippen MR) is 117 cm³/mol. The van der Waals surface area contributed by atoms with E-state index in [4.69, 9.17) is 16.6 Å². The molecule has 1 aromatic heterocycles. The zero-order valence-corrected chi connectivity index (χ0v) is 18.2. The number of amides is 1. The third-order valence-corrected chi connectivity index (χ3v) is 6.72. The third kappa shape index (κ3) is 3.93. The number of primary amides is 1. The molecule has 0 atom stereocenters. The molecule has 0 radical (unpaired) electrons. The van der Waals surface area contributed by atoms with E-state index in [0.717, 1.165) is 66.7 Å². The summed E-state index contributed by atoms with van der Waals surface area (Å²) >= 11 is 0. The molecule has 0 aliphatic heterocycles. The highest BCUT2D eigenvalue weighted by Gasteiger charge is 2.35. The first kappa shape index (κ1) is 20.8. The molecule has 2 aliphatic rings. The Labute approximate surface area is 178 Å². The van der Waals surface area contributed by atoms with Gasteiger partial charge in [0.25, 0.3) is 0 Å². The van der Waals surface area contributed by atoms with Crippen LogP contribution in [-0.2, 0) is 12.8 Å². The van der Waals surface area contributed by atoms with Gasteiger partial charge in [0.1, 0.15) is 0 Å². The number of hydrogen-bond donors (Lipinski definition) is 2. The van der Waals surface area contributed by atoms with Crippen LogP contribution in [0.3, 0.4) is 0 Å². The van der Waals surface area contributed by atoms with Crippen LogP contribution < -0.4 is 11.5 Å². The van der Waals surface area contributed by atoms with Crippen LogP contribution in [0.1, 0.15) is 83.6 Å². The second-order valence-corrected chi connectivity index (χ2v) is 9.95. The quantitative estimate of drug-likeness (QED) is 0.808. The average molecular weight is 409 g/mol. The molecule has 1 saturated carbocycles. The number of Topliss-reactive ketones (excluding diaryl/α,β-unsaturated/α-hetero) is 1. The van der Waals surface area contributed by atoms with Crippen molar-refractivity contribution in [3.8, 4) is 5.69 Å². The van der Waals surface area contributed by atoms with Crippen LogP contribution in [0.15, 0.2) is 18.2 Å². The van der Waals surface area contributed by atoms with Gasteiger partial charge in [-0.25, -0.2) is 4.68 Å². The first-order valence-electron chi connectivity index (χ1n) is 10.9. The lowest BCUT2D eigenvalue weighted by atomic mass is 9.75. The molecule has 1 heterocycles. The summed E-state index contributed by atoms with van der Waals surface area (Å²) in [5, 5.41) is 4.71. The van der Waals surface area contributed by atoms with E-state index in [9.17, 15) is 9.59 Å². The van der Waals surface area contributed by atoms with E-state index in [0.29, 0.717) is 23.9 Å². The number of aromatic nitrogens is 2. The van der Waals surface area contributed by atoms with Crippen LogP contribution in [0.25, 0.3) is 5.69 Å². The highest BCUT2D eigenvalue weighted by molar-refractivity contribution is 6.00. The lowest BCUT2D eigenvalue weighted by molar-refractivity contribution is 0.0909. The first-order chi connectivity index (χ1) is 14.1. The smallest absolute Gasteiger partial charge is 0.248 e. The molecule has 160 valence electrons. The number of rotatable bonds is 4. The molecular formula is C24H32N4O2. The van der Waals surface area contributed by atoms with Crippen molar-refractivity contribution >= 4 is 11.7 Å². The number of carbonyl (C=O) groups is 2. The topological polar surface area (TPSA) is 104 Å². The molecule has 6 heteroatoms. The molecule has 30 heavy (non-hydrogen) atoms. The lowest BCUT2D eigenvalue weighted by Crippen LogP contribution is -2.28. The van der Waals surface area contributed by atoms with Crippen molar-refractivity contribution < 1.29 is 9.59 Å². The molecule has 4 rings (SSSR count). The summed E-state index contributed by atoms with van der Waals surface area (Å²) in [6, 6.07) is 6.02. The maximum atomic E-state index is 12.7. The highest BCUT2D eigenvalue weighted by Crippen LogP contribution is 2.37. The number of ketones is 1. The monoisotopic (exact) mass is 408 g/mol. The fraction of sp³-hybridized carbons (Fsp3) is 0.542. The Balaban J connectivity index is 1.73. The van der Waals surface area contributed by atoms with Gasteiger partial charge in [-0.2, -0.15) is 5.10 Å². The van der Waals surface area contributed by atoms with Crippen LogP contribution in [0.5, 0.6) is 0 Å². The van der Waals surface area contributed by atoms with Gasteiger partial charge >= 0.3 is 0 Å². The van der Waals surface area contributed by atoms with E-state index < -0.39 is 5.91 Å². The van der Waals surface area contributed by atoms with Gasteiger partial charge in [-0.1, -0.05) is 13.8 Å². The number of fused-ring (bicyclic) bond motifs is 1. The van der Waals surface area contributed by atoms with Crippen molar-refractivity contribution in [1.82, 2.24) is 9.78 Å². The van der Waals surface area contributed by atoms with Gasteiger partial charge in [0, 0.05) is 18.0 Å². The fourth-order valence-corrected chi connectivity index (χ4v) is 5.18. The van der Waals surface area contributed by atoms with Crippen molar-refractivity contribution in [2.24, 2.45) is 22.8 Å². The zero-order valence-electron chi connectivity index (χ0n) is 18.2. The average Bonchev–Trinajstić information content (AvgIpc) is 2.98. The molecule has 6 nitrogen and oxygen atoms in total. The van der Waals surface area contributed by atoms with Crippen LogP contribution >= 0.6 is 0 Å². The minimum Gasteiger partial charge on any atom is -0.366 e. The Kier molecular flexibility index (Phi) is 5.30. The fourth-order valence-electron chi connectivity index (χ4n) is 5.18. The van der Waals surface area contributed by atoms with E-state index in [-0.39, 0.29) is 11.2 Å². The number of carbonyl (C=O) groups excluding carboxylic acids is 2. The van der Waals surface area contributed by atoms with Crippen molar-refractivity contribution in [2.45, 2.75) is 71.8 Å². The number of aryl methyl sites for hydroxylation is 1. The maximum absolute atomic E-state index is 12.7. The first-order valence-corrected chi connectivity index (χ1v) is 10.9. The van der Waals surface area contributed by atoms with Crippen LogP contribution in [0.2, 0.25) is 0 Å². The van der Waals surface area contributed by atoms with E-state index in [1.165, 1.54) is 0 Å². The van der Waals surface area contributed by atoms with E-state index in [2.05, 4.69) is 13.8 Å². The molecule has 0 bridgehead atoms. The van der Waals surface area contributed by atoms with Crippen LogP contribution in [0, 0.1) is 18.3 Å². The minimum atomic E-state index is -0.404. The summed E-state index contributed by atoms with van der Waals surface area (Å²) in [6.07, 6.45) is 6.35. The standard InChI is InChI=1S/C24H32N4O2/c1-14-22-20(12-24(2,3)13-21(22)29)28(27-14)18-8-9-19(23(26)30)16(11-18)10-15-4-6-17(25)7-5-15/h8-9,11,15,17H,4-7,10,12-13,25H2,1-3H3,(H2,26,30). The molecule has 4 N–H and O–H groups in total. The Morgan fingerprint density at radius 1 is 1.20 bits per heavy atom. The van der Waals surface area contributed by atoms with Crippen LogP contribution in [0.4, 0.5) is 0 Å². The SMILES string of the molecule is Cc1nn(-c2ccc(C(N)=O)c(CC3CCC(N)CC3)c2)c2c1C(=O)CC(C)(C)C2. The molecule has 1 fully saturated rings. The molecule has 2 aromatic rings. The Morgan fingerprint density at radius 3 is 2.57 bits per heavy atom. The summed E-state index contributed by atoms with van der Waals surface area (Å²) in [5.74, 6) is 0.267. The third-order valence-electron chi connectivity index (χ3n) is 6.72. The summed E-state index contributed by atoms with van der Waals surface area (Å²) < 4.78 is 1.90. The molecule has 1 amide bonds. The zero-order chi connectivity index (χ0) is 21.6. The molecule has 1 aromatic carbocycles. The van der Waals surface area contributed by atoms with Gasteiger partial charge in [-0.3, -0.25) is 9.59 Å². The Morgan fingerprint density at radius 2 is 1.90 bits per heavy atom. The molecule has 2 aliphatic carbocycles. The van der Waals surface area contributed by atoms with Gasteiger partial charge in [-0.15, -0.1) is 0 Å². The summed E-state index contributed by atoms with van der Waals surface area (Å²) in [6.45, 7) is 6.14. The summed E-state index contributed by atoms with van der Waals surface area (Å²) in [4.78, 5) is 24.8. The Hall–Kier alpha value is -2.47. The largest absolute Gasteiger partial charge is 0.366 e. The second-order valence-electron chi connectivity index (χ2n) is 9.95. The summed E-state index contributed by atoms with van der Waals surface area (Å²) in [5.41, 5.74) is 16.6. The van der Waals surface area contributed by atoms with Gasteiger partial charge in [0.15, 0.2) is 5.78 Å². The van der Waals surface area contributed by atoms with Crippen molar-refractivity contribution in [3.63, 3.8) is 0 Å². The Bertz CT molecular complexity index is 997. The van der Waals surface area contributed by atoms with E-state index >= 15 is 0 Å². The lowest BCUT2D eigenvalue weighted by Gasteiger charge is -2.29. The second kappa shape index (κ2) is 7.65. The van der Waals surface area contributed by atoms with Crippen molar-refractivity contribution in [2.75, 3.05) is 0 Å². The molecule has 0 spiro atoms. The highest BCUT2D eigenvalue weighted by atomic mass is 16.1. The normalized spacial score (nSPS) is 23.3. The van der Waals surface area contributed by atoms with Gasteiger partial charge in [0.05, 0.1) is 22.6 Å². The van der Waals surface area contributed by atoms with Crippen molar-refractivity contribution in [3.05, 3.63) is 46.3 Å².